The molecule has 1 aliphatic rings. The molecule has 0 spiro atoms. The molecule has 2 aromatic carbocycles. The quantitative estimate of drug-likeness (QED) is 0.885. The van der Waals surface area contributed by atoms with Gasteiger partial charge in [0.2, 0.25) is 5.91 Å². The van der Waals surface area contributed by atoms with Crippen LogP contribution in [0.4, 0.5) is 11.4 Å². The Hall–Kier alpha value is -3.02. The molecule has 0 saturated carbocycles. The van der Waals surface area contributed by atoms with Gasteiger partial charge < -0.3 is 20.3 Å². The predicted molar refractivity (Wildman–Crippen MR) is 102 cm³/mol. The molecule has 0 bridgehead atoms. The second-order valence-electron chi connectivity index (χ2n) is 6.44. The van der Waals surface area contributed by atoms with E-state index in [0.29, 0.717) is 12.3 Å². The first-order chi connectivity index (χ1) is 12.5. The molecule has 0 saturated heterocycles. The normalized spacial score (nSPS) is 15.7. The van der Waals surface area contributed by atoms with Gasteiger partial charge in [-0.2, -0.15) is 0 Å². The number of carbonyl (C=O) groups excluding carboxylic acids is 2. The molecule has 6 heteroatoms. The van der Waals surface area contributed by atoms with Crippen LogP contribution in [0.25, 0.3) is 0 Å². The molecule has 1 aliphatic heterocycles. The van der Waals surface area contributed by atoms with Crippen molar-refractivity contribution in [1.82, 2.24) is 5.32 Å². The summed E-state index contributed by atoms with van der Waals surface area (Å²) in [4.78, 5) is 26.5. The molecule has 1 unspecified atom stereocenters. The first-order valence-electron chi connectivity index (χ1n) is 8.57. The van der Waals surface area contributed by atoms with E-state index in [1.807, 2.05) is 55.1 Å². The number of nitrogens with zero attached hydrogens (tertiary/aromatic N) is 1. The molecule has 136 valence electrons. The van der Waals surface area contributed by atoms with Crippen LogP contribution < -0.4 is 20.3 Å². The monoisotopic (exact) mass is 353 g/mol. The first-order valence-corrected chi connectivity index (χ1v) is 8.57. The van der Waals surface area contributed by atoms with Gasteiger partial charge in [0.05, 0.1) is 18.8 Å². The molecule has 1 atom stereocenters. The van der Waals surface area contributed by atoms with Crippen molar-refractivity contribution in [3.63, 3.8) is 0 Å². The first kappa shape index (κ1) is 17.8. The van der Waals surface area contributed by atoms with Crippen LogP contribution in [0, 0.1) is 13.8 Å². The van der Waals surface area contributed by atoms with Crippen LogP contribution in [0.15, 0.2) is 42.5 Å². The maximum atomic E-state index is 12.6. The molecule has 1 heterocycles. The number of hydrogen-bond acceptors (Lipinski definition) is 4. The van der Waals surface area contributed by atoms with Gasteiger partial charge in [0.25, 0.3) is 5.91 Å². The van der Waals surface area contributed by atoms with Crippen LogP contribution in [0.1, 0.15) is 11.1 Å². The Bertz CT molecular complexity index is 835. The zero-order valence-electron chi connectivity index (χ0n) is 15.2. The van der Waals surface area contributed by atoms with Gasteiger partial charge in [-0.15, -0.1) is 0 Å². The summed E-state index contributed by atoms with van der Waals surface area (Å²) in [7, 11) is 1.57. The number of para-hydroxylation sites is 2. The van der Waals surface area contributed by atoms with Gasteiger partial charge in [-0.05, 0) is 43.2 Å². The van der Waals surface area contributed by atoms with Crippen molar-refractivity contribution >= 4 is 23.2 Å². The zero-order chi connectivity index (χ0) is 18.7. The largest absolute Gasteiger partial charge is 0.477 e. The summed E-state index contributed by atoms with van der Waals surface area (Å²) in [5.41, 5.74) is 3.71. The van der Waals surface area contributed by atoms with Crippen LogP contribution >= 0.6 is 0 Å². The van der Waals surface area contributed by atoms with E-state index < -0.39 is 6.10 Å². The lowest BCUT2D eigenvalue weighted by molar-refractivity contribution is -0.127. The highest BCUT2D eigenvalue weighted by atomic mass is 16.5. The van der Waals surface area contributed by atoms with Crippen LogP contribution in [-0.4, -0.2) is 38.1 Å². The number of aryl methyl sites for hydroxylation is 2. The number of fused-ring (bicyclic) bond motifs is 1. The minimum Gasteiger partial charge on any atom is -0.477 e. The molecule has 2 amide bonds. The van der Waals surface area contributed by atoms with E-state index in [4.69, 9.17) is 4.74 Å². The van der Waals surface area contributed by atoms with Crippen molar-refractivity contribution in [2.24, 2.45) is 0 Å². The number of nitrogens with one attached hydrogen (secondary N) is 2. The van der Waals surface area contributed by atoms with E-state index >= 15 is 0 Å². The fourth-order valence-electron chi connectivity index (χ4n) is 2.99. The van der Waals surface area contributed by atoms with Gasteiger partial charge in [0.1, 0.15) is 5.75 Å². The summed E-state index contributed by atoms with van der Waals surface area (Å²) in [6, 6.07) is 13.4. The second-order valence-corrected chi connectivity index (χ2v) is 6.44. The summed E-state index contributed by atoms with van der Waals surface area (Å²) in [6.07, 6.45) is -0.650. The summed E-state index contributed by atoms with van der Waals surface area (Å²) in [5.74, 6) is 0.261. The molecule has 6 nitrogen and oxygen atoms in total. The number of rotatable bonds is 4. The highest BCUT2D eigenvalue weighted by Gasteiger charge is 2.31. The fraction of sp³-hybridized carbons (Fsp3) is 0.300. The van der Waals surface area contributed by atoms with Gasteiger partial charge in [0.15, 0.2) is 6.10 Å². The van der Waals surface area contributed by atoms with Gasteiger partial charge in [0, 0.05) is 12.7 Å². The van der Waals surface area contributed by atoms with E-state index in [1.165, 1.54) is 0 Å². The lowest BCUT2D eigenvalue weighted by Gasteiger charge is -2.35. The summed E-state index contributed by atoms with van der Waals surface area (Å²) < 4.78 is 5.76. The molecule has 0 aliphatic carbocycles. The number of amides is 2. The van der Waals surface area contributed by atoms with Crippen LogP contribution in [0.3, 0.4) is 0 Å². The van der Waals surface area contributed by atoms with Gasteiger partial charge in [-0.3, -0.25) is 9.59 Å². The Morgan fingerprint density at radius 1 is 1.19 bits per heavy atom. The lowest BCUT2D eigenvalue weighted by atomic mass is 10.1. The Morgan fingerprint density at radius 3 is 2.73 bits per heavy atom. The SMILES string of the molecule is CNC(=O)C1CN(CC(=O)Nc2cc(C)ccc2C)c2ccccc2O1. The average molecular weight is 353 g/mol. The van der Waals surface area contributed by atoms with E-state index in [9.17, 15) is 9.59 Å². The van der Waals surface area contributed by atoms with E-state index in [-0.39, 0.29) is 18.4 Å². The molecule has 2 N–H and O–H groups in total. The molecule has 3 rings (SSSR count). The minimum absolute atomic E-state index is 0.133. The second kappa shape index (κ2) is 7.47. The molecular weight excluding hydrogens is 330 g/mol. The highest BCUT2D eigenvalue weighted by molar-refractivity contribution is 5.95. The highest BCUT2D eigenvalue weighted by Crippen LogP contribution is 2.33. The van der Waals surface area contributed by atoms with Crippen molar-refractivity contribution in [3.05, 3.63) is 53.6 Å². The Kier molecular flexibility index (Phi) is 5.11. The maximum Gasteiger partial charge on any atom is 0.262 e. The maximum absolute atomic E-state index is 12.6. The third-order valence-electron chi connectivity index (χ3n) is 4.40. The Balaban J connectivity index is 1.78. The number of ether oxygens (including phenoxy) is 1. The molecule has 26 heavy (non-hydrogen) atoms. The van der Waals surface area contributed by atoms with Gasteiger partial charge in [-0.1, -0.05) is 24.3 Å². The van der Waals surface area contributed by atoms with E-state index in [0.717, 1.165) is 22.5 Å². The lowest BCUT2D eigenvalue weighted by Crippen LogP contribution is -2.50. The zero-order valence-corrected chi connectivity index (χ0v) is 15.2. The fourth-order valence-corrected chi connectivity index (χ4v) is 2.99. The van der Waals surface area contributed by atoms with Crippen molar-refractivity contribution in [2.45, 2.75) is 20.0 Å². The Labute approximate surface area is 153 Å². The van der Waals surface area contributed by atoms with Crippen LogP contribution in [0.5, 0.6) is 5.75 Å². The summed E-state index contributed by atoms with van der Waals surface area (Å²) in [6.45, 7) is 4.40. The molecule has 0 radical (unpaired) electrons. The van der Waals surface area contributed by atoms with Crippen LogP contribution in [0.2, 0.25) is 0 Å². The number of hydrogen-bond donors (Lipinski definition) is 2. The molecule has 0 fully saturated rings. The van der Waals surface area contributed by atoms with Gasteiger partial charge >= 0.3 is 0 Å². The van der Waals surface area contributed by atoms with Crippen LogP contribution in [-0.2, 0) is 9.59 Å². The summed E-state index contributed by atoms with van der Waals surface area (Å²) >= 11 is 0. The number of carbonyl (C=O) groups is 2. The number of anilines is 2. The predicted octanol–water partition coefficient (Wildman–Crippen LogP) is 2.26. The smallest absolute Gasteiger partial charge is 0.262 e. The number of benzene rings is 2. The number of likely N-dealkylation sites (N-methyl/N-ethyl adjacent to an activating group) is 1. The van der Waals surface area contributed by atoms with Crippen molar-refractivity contribution in [2.75, 3.05) is 30.4 Å². The molecular formula is C20H23N3O3. The summed E-state index contributed by atoms with van der Waals surface area (Å²) in [5, 5.41) is 5.57. The topological polar surface area (TPSA) is 70.7 Å². The van der Waals surface area contributed by atoms with Gasteiger partial charge in [-0.25, -0.2) is 0 Å². The standard InChI is InChI=1S/C20H23N3O3/c1-13-8-9-14(2)15(10-13)22-19(24)12-23-11-18(20(25)21-3)26-17-7-5-4-6-16(17)23/h4-10,18H,11-12H2,1-3H3,(H,21,25)(H,22,24). The van der Waals surface area contributed by atoms with Crippen molar-refractivity contribution < 1.29 is 14.3 Å². The van der Waals surface area contributed by atoms with Crippen molar-refractivity contribution in [3.8, 4) is 5.75 Å². The third kappa shape index (κ3) is 3.79. The minimum atomic E-state index is -0.650. The van der Waals surface area contributed by atoms with E-state index in [2.05, 4.69) is 10.6 Å². The Morgan fingerprint density at radius 2 is 1.96 bits per heavy atom. The van der Waals surface area contributed by atoms with E-state index in [1.54, 1.807) is 13.1 Å². The molecule has 2 aromatic rings. The van der Waals surface area contributed by atoms with Crippen molar-refractivity contribution in [1.29, 1.82) is 0 Å². The average Bonchev–Trinajstić information content (AvgIpc) is 2.64. The molecule has 0 aromatic heterocycles. The third-order valence-corrected chi connectivity index (χ3v) is 4.40.